The summed E-state index contributed by atoms with van der Waals surface area (Å²) in [6.45, 7) is 2.06. The van der Waals surface area contributed by atoms with Crippen LogP contribution >= 0.6 is 12.2 Å². The third kappa shape index (κ3) is 4.67. The molecule has 0 radical (unpaired) electrons. The molecule has 1 heterocycles. The van der Waals surface area contributed by atoms with E-state index in [0.717, 1.165) is 12.1 Å². The molecule has 0 spiro atoms. The molecule has 6 nitrogen and oxygen atoms in total. The Balaban J connectivity index is 1.81. The number of aryl methyl sites for hydroxylation is 1. The third-order valence-corrected chi connectivity index (χ3v) is 5.47. The lowest BCUT2D eigenvalue weighted by molar-refractivity contribution is -0.124. The smallest absolute Gasteiger partial charge is 0.242 e. The molecule has 3 N–H and O–H groups in total. The topological polar surface area (TPSA) is 87.3 Å². The zero-order valence-corrected chi connectivity index (χ0v) is 13.9. The first-order valence-corrected chi connectivity index (χ1v) is 9.29. The van der Waals surface area contributed by atoms with Crippen LogP contribution in [0.2, 0.25) is 0 Å². The van der Waals surface area contributed by atoms with Crippen LogP contribution in [0.15, 0.2) is 24.3 Å². The maximum atomic E-state index is 11.9. The first-order chi connectivity index (χ1) is 10.4. The Morgan fingerprint density at radius 3 is 2.77 bits per heavy atom. The molecule has 1 amide bonds. The molecule has 0 aromatic heterocycles. The van der Waals surface area contributed by atoms with Gasteiger partial charge in [-0.2, -0.15) is 0 Å². The molecule has 1 saturated heterocycles. The summed E-state index contributed by atoms with van der Waals surface area (Å²) in [5, 5.41) is 3.22. The fourth-order valence-electron chi connectivity index (χ4n) is 2.25. The summed E-state index contributed by atoms with van der Waals surface area (Å²) in [5.74, 6) is -0.895. The van der Waals surface area contributed by atoms with Gasteiger partial charge in [-0.1, -0.05) is 19.1 Å². The van der Waals surface area contributed by atoms with Gasteiger partial charge in [0, 0.05) is 5.69 Å². The highest BCUT2D eigenvalue weighted by Gasteiger charge is 2.32. The Morgan fingerprint density at radius 2 is 2.14 bits per heavy atom. The lowest BCUT2D eigenvalue weighted by atomic mass is 10.1. The Labute approximate surface area is 135 Å². The third-order valence-electron chi connectivity index (χ3n) is 3.50. The first-order valence-electron chi connectivity index (χ1n) is 7.06. The van der Waals surface area contributed by atoms with Crippen LogP contribution in [-0.2, 0) is 21.1 Å². The van der Waals surface area contributed by atoms with Crippen LogP contribution in [0.5, 0.6) is 0 Å². The summed E-state index contributed by atoms with van der Waals surface area (Å²) in [6.07, 6.45) is 1.27. The van der Waals surface area contributed by atoms with Gasteiger partial charge in [0.2, 0.25) is 5.91 Å². The summed E-state index contributed by atoms with van der Waals surface area (Å²) >= 11 is 5.10. The quantitative estimate of drug-likeness (QED) is 0.562. The van der Waals surface area contributed by atoms with Crippen LogP contribution < -0.4 is 16.2 Å². The minimum Gasteiger partial charge on any atom is -0.331 e. The number of benzene rings is 1. The van der Waals surface area contributed by atoms with Gasteiger partial charge in [0.1, 0.15) is 0 Å². The van der Waals surface area contributed by atoms with Gasteiger partial charge in [-0.05, 0) is 42.8 Å². The highest BCUT2D eigenvalue weighted by molar-refractivity contribution is 7.91. The van der Waals surface area contributed by atoms with Gasteiger partial charge in [-0.15, -0.1) is 0 Å². The van der Waals surface area contributed by atoms with Gasteiger partial charge < -0.3 is 5.32 Å². The molecule has 0 bridgehead atoms. The molecule has 1 aliphatic heterocycles. The minimum atomic E-state index is -3.07. The summed E-state index contributed by atoms with van der Waals surface area (Å²) in [6, 6.07) is 7.79. The number of hydrogen-bond acceptors (Lipinski definition) is 4. The van der Waals surface area contributed by atoms with Crippen molar-refractivity contribution in [3.63, 3.8) is 0 Å². The van der Waals surface area contributed by atoms with E-state index in [1.54, 1.807) is 0 Å². The molecule has 1 fully saturated rings. The molecule has 1 aromatic carbocycles. The lowest BCUT2D eigenvalue weighted by Gasteiger charge is -2.14. The van der Waals surface area contributed by atoms with Crippen molar-refractivity contribution in [1.29, 1.82) is 0 Å². The SMILES string of the molecule is CCc1cccc(NC(=S)NNC(=O)[C@H]2CCS(=O)(=O)C2)c1. The van der Waals surface area contributed by atoms with E-state index < -0.39 is 15.8 Å². The predicted molar refractivity (Wildman–Crippen MR) is 90.1 cm³/mol. The van der Waals surface area contributed by atoms with Crippen molar-refractivity contribution in [3.05, 3.63) is 29.8 Å². The molecular weight excluding hydrogens is 322 g/mol. The standard InChI is InChI=1S/C14H19N3O3S2/c1-2-10-4-3-5-12(8-10)15-14(21)17-16-13(18)11-6-7-22(19,20)9-11/h3-5,8,11H,2,6-7,9H2,1H3,(H,16,18)(H2,15,17,21)/t11-/m0/s1. The van der Waals surface area contributed by atoms with Crippen LogP contribution in [0.4, 0.5) is 5.69 Å². The van der Waals surface area contributed by atoms with E-state index >= 15 is 0 Å². The van der Waals surface area contributed by atoms with Gasteiger partial charge in [0.25, 0.3) is 0 Å². The number of hydrazine groups is 1. The van der Waals surface area contributed by atoms with E-state index in [1.165, 1.54) is 5.56 Å². The highest BCUT2D eigenvalue weighted by atomic mass is 32.2. The first kappa shape index (κ1) is 16.7. The van der Waals surface area contributed by atoms with Crippen LogP contribution in [-0.4, -0.2) is 30.9 Å². The van der Waals surface area contributed by atoms with Crippen molar-refractivity contribution < 1.29 is 13.2 Å². The Hall–Kier alpha value is -1.67. The molecule has 0 saturated carbocycles. The number of rotatable bonds is 3. The second-order valence-corrected chi connectivity index (χ2v) is 7.86. The van der Waals surface area contributed by atoms with E-state index in [-0.39, 0.29) is 22.5 Å². The Bertz CT molecular complexity index is 674. The number of carbonyl (C=O) groups excluding carboxylic acids is 1. The number of nitrogens with one attached hydrogen (secondary N) is 3. The fourth-order valence-corrected chi connectivity index (χ4v) is 4.16. The number of carbonyl (C=O) groups is 1. The van der Waals surface area contributed by atoms with E-state index in [1.807, 2.05) is 24.3 Å². The van der Waals surface area contributed by atoms with E-state index in [9.17, 15) is 13.2 Å². The monoisotopic (exact) mass is 341 g/mol. The number of sulfone groups is 1. The molecule has 1 atom stereocenters. The van der Waals surface area contributed by atoms with Gasteiger partial charge >= 0.3 is 0 Å². The minimum absolute atomic E-state index is 0.0671. The van der Waals surface area contributed by atoms with Gasteiger partial charge in [-0.3, -0.25) is 15.6 Å². The van der Waals surface area contributed by atoms with Crippen molar-refractivity contribution in [2.24, 2.45) is 5.92 Å². The summed E-state index contributed by atoms with van der Waals surface area (Å²) in [7, 11) is -3.07. The molecule has 120 valence electrons. The number of amides is 1. The molecule has 2 rings (SSSR count). The summed E-state index contributed by atoms with van der Waals surface area (Å²) in [5.41, 5.74) is 7.05. The summed E-state index contributed by atoms with van der Waals surface area (Å²) in [4.78, 5) is 11.9. The number of anilines is 1. The Morgan fingerprint density at radius 1 is 1.36 bits per heavy atom. The Kier molecular flexibility index (Phi) is 5.36. The normalized spacial score (nSPS) is 19.4. The molecular formula is C14H19N3O3S2. The van der Waals surface area contributed by atoms with Crippen molar-refractivity contribution in [3.8, 4) is 0 Å². The van der Waals surface area contributed by atoms with Crippen LogP contribution in [0.1, 0.15) is 18.9 Å². The second kappa shape index (κ2) is 7.06. The lowest BCUT2D eigenvalue weighted by Crippen LogP contribution is -2.46. The molecule has 22 heavy (non-hydrogen) atoms. The second-order valence-electron chi connectivity index (χ2n) is 5.22. The van der Waals surface area contributed by atoms with E-state index in [0.29, 0.717) is 6.42 Å². The van der Waals surface area contributed by atoms with Crippen molar-refractivity contribution >= 4 is 38.8 Å². The molecule has 1 aliphatic rings. The largest absolute Gasteiger partial charge is 0.331 e. The zero-order chi connectivity index (χ0) is 16.2. The average molecular weight is 341 g/mol. The fraction of sp³-hybridized carbons (Fsp3) is 0.429. The van der Waals surface area contributed by atoms with Crippen LogP contribution in [0.3, 0.4) is 0 Å². The average Bonchev–Trinajstić information content (AvgIpc) is 2.85. The maximum absolute atomic E-state index is 11.9. The molecule has 8 heteroatoms. The summed E-state index contributed by atoms with van der Waals surface area (Å²) < 4.78 is 22.7. The van der Waals surface area contributed by atoms with Crippen LogP contribution in [0.25, 0.3) is 0 Å². The molecule has 0 aliphatic carbocycles. The molecule has 0 unspecified atom stereocenters. The maximum Gasteiger partial charge on any atom is 0.242 e. The van der Waals surface area contributed by atoms with Crippen LogP contribution in [0, 0.1) is 5.92 Å². The predicted octanol–water partition coefficient (Wildman–Crippen LogP) is 1.00. The van der Waals surface area contributed by atoms with E-state index in [2.05, 4.69) is 23.1 Å². The number of hydrogen-bond donors (Lipinski definition) is 3. The highest BCUT2D eigenvalue weighted by Crippen LogP contribution is 2.18. The van der Waals surface area contributed by atoms with E-state index in [4.69, 9.17) is 12.2 Å². The van der Waals surface area contributed by atoms with Gasteiger partial charge in [0.15, 0.2) is 14.9 Å². The number of thiocarbonyl (C=S) groups is 1. The molecule has 1 aromatic rings. The van der Waals surface area contributed by atoms with Crippen molar-refractivity contribution in [2.45, 2.75) is 19.8 Å². The van der Waals surface area contributed by atoms with Gasteiger partial charge in [0.05, 0.1) is 17.4 Å². The zero-order valence-electron chi connectivity index (χ0n) is 12.3. The van der Waals surface area contributed by atoms with Crippen molar-refractivity contribution in [2.75, 3.05) is 16.8 Å². The van der Waals surface area contributed by atoms with Crippen molar-refractivity contribution in [1.82, 2.24) is 10.9 Å². The van der Waals surface area contributed by atoms with Gasteiger partial charge in [-0.25, -0.2) is 8.42 Å².